The van der Waals surface area contributed by atoms with Crippen LogP contribution < -0.4 is 5.90 Å². The molecule has 0 spiro atoms. The van der Waals surface area contributed by atoms with Gasteiger partial charge >= 0.3 is 0 Å². The van der Waals surface area contributed by atoms with Crippen molar-refractivity contribution in [1.82, 2.24) is 0 Å². The first-order chi connectivity index (χ1) is 4.72. The lowest BCUT2D eigenvalue weighted by atomic mass is 10.1. The number of hydrogen-bond acceptors (Lipinski definition) is 3. The van der Waals surface area contributed by atoms with Gasteiger partial charge in [-0.1, -0.05) is 25.1 Å². The van der Waals surface area contributed by atoms with E-state index in [0.29, 0.717) is 5.92 Å². The number of nitrogens with zero attached hydrogens (tertiary/aromatic N) is 1. The standard InChI is InChI=1S/C7H14N2O/c1-4-7(6(2)3)5-9-10-8/h4-6H,8H2,1-3H3/b7-4+,9-5-. The first-order valence-corrected chi connectivity index (χ1v) is 3.27. The molecule has 10 heavy (non-hydrogen) atoms. The number of nitrogens with two attached hydrogens (primary N) is 1. The molecule has 0 aromatic rings. The van der Waals surface area contributed by atoms with E-state index in [9.17, 15) is 0 Å². The Labute approximate surface area is 61.5 Å². The van der Waals surface area contributed by atoms with Crippen molar-refractivity contribution in [2.75, 3.05) is 0 Å². The zero-order valence-corrected chi connectivity index (χ0v) is 6.66. The second-order valence-electron chi connectivity index (χ2n) is 2.28. The molecule has 0 radical (unpaired) electrons. The number of allylic oxidation sites excluding steroid dienone is 2. The fourth-order valence-corrected chi connectivity index (χ4v) is 0.648. The number of oxime groups is 1. The lowest BCUT2D eigenvalue weighted by molar-refractivity contribution is 0.150. The van der Waals surface area contributed by atoms with Gasteiger partial charge in [-0.15, -0.1) is 5.90 Å². The summed E-state index contributed by atoms with van der Waals surface area (Å²) in [5, 5.41) is 3.45. The molecule has 58 valence electrons. The summed E-state index contributed by atoms with van der Waals surface area (Å²) in [5.41, 5.74) is 1.12. The highest BCUT2D eigenvalue weighted by atomic mass is 16.7. The minimum atomic E-state index is 0.462. The van der Waals surface area contributed by atoms with Crippen molar-refractivity contribution < 1.29 is 4.94 Å². The summed E-state index contributed by atoms with van der Waals surface area (Å²) in [5.74, 6) is 5.17. The zero-order valence-electron chi connectivity index (χ0n) is 6.66. The van der Waals surface area contributed by atoms with E-state index in [0.717, 1.165) is 5.57 Å². The highest BCUT2D eigenvalue weighted by Crippen LogP contribution is 2.05. The maximum absolute atomic E-state index is 4.71. The molecule has 0 saturated heterocycles. The van der Waals surface area contributed by atoms with Gasteiger partial charge < -0.3 is 4.94 Å². The van der Waals surface area contributed by atoms with E-state index in [4.69, 9.17) is 5.90 Å². The molecular weight excluding hydrogens is 128 g/mol. The van der Waals surface area contributed by atoms with Crippen LogP contribution in [0.5, 0.6) is 0 Å². The van der Waals surface area contributed by atoms with Gasteiger partial charge in [0, 0.05) is 0 Å². The fraction of sp³-hybridized carbons (Fsp3) is 0.571. The Morgan fingerprint density at radius 2 is 2.20 bits per heavy atom. The zero-order chi connectivity index (χ0) is 7.98. The Bertz CT molecular complexity index is 139. The molecule has 0 heterocycles. The average molecular weight is 142 g/mol. The van der Waals surface area contributed by atoms with Crippen LogP contribution in [0.4, 0.5) is 0 Å². The normalized spacial score (nSPS) is 13.1. The Kier molecular flexibility index (Phi) is 4.58. The number of hydrogen-bond donors (Lipinski definition) is 1. The van der Waals surface area contributed by atoms with Crippen molar-refractivity contribution in [3.8, 4) is 0 Å². The second-order valence-corrected chi connectivity index (χ2v) is 2.28. The van der Waals surface area contributed by atoms with Gasteiger partial charge in [-0.2, -0.15) is 0 Å². The first kappa shape index (κ1) is 9.17. The molecule has 3 heteroatoms. The van der Waals surface area contributed by atoms with Crippen LogP contribution in [0.25, 0.3) is 0 Å². The van der Waals surface area contributed by atoms with Crippen LogP contribution in [-0.4, -0.2) is 6.21 Å². The molecule has 0 aliphatic heterocycles. The third-order valence-electron chi connectivity index (χ3n) is 1.26. The lowest BCUT2D eigenvalue weighted by Crippen LogP contribution is -1.97. The monoisotopic (exact) mass is 142 g/mol. The summed E-state index contributed by atoms with van der Waals surface area (Å²) in [6.45, 7) is 6.12. The molecule has 2 N–H and O–H groups in total. The van der Waals surface area contributed by atoms with Gasteiger partial charge in [-0.25, -0.2) is 0 Å². The minimum Gasteiger partial charge on any atom is -0.303 e. The predicted octanol–water partition coefficient (Wildman–Crippen LogP) is 1.46. The van der Waals surface area contributed by atoms with Gasteiger partial charge in [0.25, 0.3) is 0 Å². The molecule has 0 aliphatic carbocycles. The molecule has 0 aliphatic rings. The van der Waals surface area contributed by atoms with Crippen LogP contribution in [0, 0.1) is 5.92 Å². The van der Waals surface area contributed by atoms with Crippen molar-refractivity contribution in [2.24, 2.45) is 17.0 Å². The third kappa shape index (κ3) is 3.25. The predicted molar refractivity (Wildman–Crippen MR) is 42.4 cm³/mol. The summed E-state index contributed by atoms with van der Waals surface area (Å²) >= 11 is 0. The minimum absolute atomic E-state index is 0.462. The summed E-state index contributed by atoms with van der Waals surface area (Å²) in [7, 11) is 0. The Morgan fingerprint density at radius 1 is 1.60 bits per heavy atom. The van der Waals surface area contributed by atoms with E-state index in [-0.39, 0.29) is 0 Å². The van der Waals surface area contributed by atoms with E-state index >= 15 is 0 Å². The summed E-state index contributed by atoms with van der Waals surface area (Å²) in [6, 6.07) is 0. The van der Waals surface area contributed by atoms with Crippen molar-refractivity contribution >= 4 is 6.21 Å². The van der Waals surface area contributed by atoms with Gasteiger partial charge in [0.05, 0.1) is 6.21 Å². The first-order valence-electron chi connectivity index (χ1n) is 3.27. The van der Waals surface area contributed by atoms with E-state index in [1.165, 1.54) is 0 Å². The summed E-state index contributed by atoms with van der Waals surface area (Å²) < 4.78 is 0. The van der Waals surface area contributed by atoms with Crippen molar-refractivity contribution in [1.29, 1.82) is 0 Å². The third-order valence-corrected chi connectivity index (χ3v) is 1.26. The van der Waals surface area contributed by atoms with Crippen molar-refractivity contribution in [3.63, 3.8) is 0 Å². The van der Waals surface area contributed by atoms with Gasteiger partial charge in [-0.3, -0.25) is 0 Å². The fourth-order valence-electron chi connectivity index (χ4n) is 0.648. The van der Waals surface area contributed by atoms with Crippen LogP contribution in [0.2, 0.25) is 0 Å². The van der Waals surface area contributed by atoms with E-state index in [1.807, 2.05) is 13.0 Å². The molecule has 0 atom stereocenters. The second kappa shape index (κ2) is 4.99. The van der Waals surface area contributed by atoms with Crippen LogP contribution in [-0.2, 0) is 4.94 Å². The molecule has 0 rings (SSSR count). The highest BCUT2D eigenvalue weighted by Gasteiger charge is 1.96. The van der Waals surface area contributed by atoms with Crippen molar-refractivity contribution in [2.45, 2.75) is 20.8 Å². The van der Waals surface area contributed by atoms with Crippen LogP contribution >= 0.6 is 0 Å². The van der Waals surface area contributed by atoms with E-state index in [2.05, 4.69) is 23.9 Å². The van der Waals surface area contributed by atoms with Crippen molar-refractivity contribution in [3.05, 3.63) is 11.6 Å². The van der Waals surface area contributed by atoms with Gasteiger partial charge in [0.2, 0.25) is 0 Å². The maximum Gasteiger partial charge on any atom is 0.0719 e. The summed E-state index contributed by atoms with van der Waals surface area (Å²) in [6.07, 6.45) is 3.60. The van der Waals surface area contributed by atoms with Gasteiger partial charge in [0.1, 0.15) is 0 Å². The smallest absolute Gasteiger partial charge is 0.0719 e. The quantitative estimate of drug-likeness (QED) is 0.479. The molecule has 0 saturated carbocycles. The highest BCUT2D eigenvalue weighted by molar-refractivity contribution is 5.78. The molecule has 0 unspecified atom stereocenters. The SMILES string of the molecule is C/C=C(\C=N/ON)C(C)C. The molecule has 0 aromatic carbocycles. The largest absolute Gasteiger partial charge is 0.303 e. The maximum atomic E-state index is 4.71. The summed E-state index contributed by atoms with van der Waals surface area (Å²) in [4.78, 5) is 4.05. The van der Waals surface area contributed by atoms with E-state index in [1.54, 1.807) is 6.21 Å². The Hall–Kier alpha value is -0.830. The number of rotatable bonds is 3. The molecule has 0 bridgehead atoms. The molecular formula is C7H14N2O. The topological polar surface area (TPSA) is 47.6 Å². The van der Waals surface area contributed by atoms with Crippen LogP contribution in [0.15, 0.2) is 16.8 Å². The average Bonchev–Trinajstić information content (AvgIpc) is 1.89. The lowest BCUT2D eigenvalue weighted by Gasteiger charge is -2.02. The van der Waals surface area contributed by atoms with E-state index < -0.39 is 0 Å². The molecule has 0 aromatic heterocycles. The Balaban J connectivity index is 3.98. The molecule has 0 amide bonds. The molecule has 3 nitrogen and oxygen atoms in total. The van der Waals surface area contributed by atoms with Gasteiger partial charge in [0.15, 0.2) is 0 Å². The molecule has 0 fully saturated rings. The van der Waals surface area contributed by atoms with Gasteiger partial charge in [-0.05, 0) is 18.4 Å². The Morgan fingerprint density at radius 3 is 2.50 bits per heavy atom. The van der Waals surface area contributed by atoms with Crippen LogP contribution in [0.3, 0.4) is 0 Å². The van der Waals surface area contributed by atoms with Crippen LogP contribution in [0.1, 0.15) is 20.8 Å².